The molecule has 0 radical (unpaired) electrons. The number of sulfone groups is 1. The Kier molecular flexibility index (Phi) is 8.65. The zero-order valence-corrected chi connectivity index (χ0v) is 23.4. The molecule has 212 valence electrons. The molecule has 0 bridgehead atoms. The smallest absolute Gasteiger partial charge is 0.246 e. The maximum atomic E-state index is 14.9. The van der Waals surface area contributed by atoms with Crippen LogP contribution in [0.3, 0.4) is 0 Å². The number of hydrogen-bond acceptors (Lipinski definition) is 8. The third-order valence-electron chi connectivity index (χ3n) is 7.07. The monoisotopic (exact) mass is 565 g/mol. The zero-order valence-electron chi connectivity index (χ0n) is 22.5. The summed E-state index contributed by atoms with van der Waals surface area (Å²) < 4.78 is 71.0. The molecule has 1 aromatic carbocycles. The van der Waals surface area contributed by atoms with Crippen LogP contribution in [0, 0.1) is 5.82 Å². The molecule has 1 fully saturated rings. The Morgan fingerprint density at radius 2 is 1.85 bits per heavy atom. The Hall–Kier alpha value is -2.99. The molecule has 0 unspecified atom stereocenters. The first-order valence-corrected chi connectivity index (χ1v) is 14.7. The molecule has 1 N–H and O–H groups in total. The first-order chi connectivity index (χ1) is 18.3. The van der Waals surface area contributed by atoms with Gasteiger partial charge in [-0.1, -0.05) is 12.1 Å². The molecule has 0 saturated heterocycles. The van der Waals surface area contributed by atoms with Crippen molar-refractivity contribution in [1.82, 2.24) is 19.9 Å². The Morgan fingerprint density at radius 3 is 2.46 bits per heavy atom. The van der Waals surface area contributed by atoms with Crippen LogP contribution in [0.5, 0.6) is 5.75 Å². The van der Waals surface area contributed by atoms with E-state index >= 15 is 0 Å². The summed E-state index contributed by atoms with van der Waals surface area (Å²) in [6.45, 7) is 0.655. The number of fused-ring (bicyclic) bond motifs is 1. The summed E-state index contributed by atoms with van der Waals surface area (Å²) in [7, 11) is 1.80. The third kappa shape index (κ3) is 7.57. The van der Waals surface area contributed by atoms with E-state index in [1.165, 1.54) is 25.3 Å². The second-order valence-electron chi connectivity index (χ2n) is 10.5. The van der Waals surface area contributed by atoms with Gasteiger partial charge in [0.15, 0.2) is 9.84 Å². The van der Waals surface area contributed by atoms with Crippen LogP contribution >= 0.6 is 0 Å². The minimum Gasteiger partial charge on any atom is -0.494 e. The fourth-order valence-electron chi connectivity index (χ4n) is 4.75. The van der Waals surface area contributed by atoms with Crippen LogP contribution in [0.15, 0.2) is 30.5 Å². The summed E-state index contributed by atoms with van der Waals surface area (Å²) in [4.78, 5) is 15.9. The van der Waals surface area contributed by atoms with E-state index in [1.54, 1.807) is 12.3 Å². The molecule has 0 aliphatic heterocycles. The van der Waals surface area contributed by atoms with E-state index in [0.29, 0.717) is 47.0 Å². The molecule has 8 nitrogen and oxygen atoms in total. The molecule has 0 atom stereocenters. The van der Waals surface area contributed by atoms with Gasteiger partial charge in [0.1, 0.15) is 22.6 Å². The molecule has 3 aromatic rings. The van der Waals surface area contributed by atoms with E-state index in [9.17, 15) is 21.6 Å². The molecule has 12 heteroatoms. The van der Waals surface area contributed by atoms with Crippen LogP contribution in [-0.2, 0) is 15.6 Å². The van der Waals surface area contributed by atoms with Crippen LogP contribution in [-0.4, -0.2) is 73.2 Å². The average Bonchev–Trinajstić information content (AvgIpc) is 2.88. The average molecular weight is 566 g/mol. The van der Waals surface area contributed by atoms with E-state index in [4.69, 9.17) is 4.74 Å². The van der Waals surface area contributed by atoms with Crippen molar-refractivity contribution < 1.29 is 26.3 Å². The zero-order chi connectivity index (χ0) is 28.4. The minimum absolute atomic E-state index is 0.0930. The lowest BCUT2D eigenvalue weighted by atomic mass is 9.91. The maximum absolute atomic E-state index is 14.9. The fraction of sp³-hybridized carbons (Fsp3) is 0.519. The maximum Gasteiger partial charge on any atom is 0.246 e. The van der Waals surface area contributed by atoms with Crippen LogP contribution in [0.4, 0.5) is 19.1 Å². The second-order valence-corrected chi connectivity index (χ2v) is 12.7. The lowest BCUT2D eigenvalue weighted by Crippen LogP contribution is -2.36. The number of halogens is 3. The van der Waals surface area contributed by atoms with Crippen LogP contribution in [0.25, 0.3) is 22.3 Å². The normalized spacial score (nSPS) is 18.5. The van der Waals surface area contributed by atoms with Crippen molar-refractivity contribution in [2.24, 2.45) is 0 Å². The Labute approximate surface area is 226 Å². The van der Waals surface area contributed by atoms with Gasteiger partial charge in [-0.25, -0.2) is 36.5 Å². The van der Waals surface area contributed by atoms with Gasteiger partial charge in [-0.2, -0.15) is 0 Å². The topological polar surface area (TPSA) is 97.3 Å². The van der Waals surface area contributed by atoms with Crippen molar-refractivity contribution in [2.45, 2.75) is 62.8 Å². The SMILES string of the molecule is COc1cc(-c2ccc(CS(=O)(=O)CCC(C)(F)F)c(F)c2)nc2cnc(NC3CCC(N(C)C)CC3)nc12. The van der Waals surface area contributed by atoms with Gasteiger partial charge < -0.3 is 15.0 Å². The number of nitrogens with one attached hydrogen (secondary N) is 1. The molecule has 2 heterocycles. The van der Waals surface area contributed by atoms with E-state index in [0.717, 1.165) is 25.7 Å². The number of anilines is 1. The number of methoxy groups -OCH3 is 1. The highest BCUT2D eigenvalue weighted by molar-refractivity contribution is 7.90. The standard InChI is InChI=1S/C27H34F3N5O3S/c1-27(29,30)11-12-39(36,37)16-18-6-5-17(13-21(18)28)22-14-24(38-4)25-23(33-22)15-31-26(34-25)32-19-7-9-20(10-8-19)35(2)3/h5-6,13-15,19-20H,7-12,16H2,1-4H3,(H,31,32,34). The summed E-state index contributed by atoms with van der Waals surface area (Å²) >= 11 is 0. The number of benzene rings is 1. The van der Waals surface area contributed by atoms with Crippen molar-refractivity contribution in [1.29, 1.82) is 0 Å². The Morgan fingerprint density at radius 1 is 1.13 bits per heavy atom. The first-order valence-electron chi connectivity index (χ1n) is 12.9. The van der Waals surface area contributed by atoms with Crippen molar-refractivity contribution in [3.05, 3.63) is 41.8 Å². The summed E-state index contributed by atoms with van der Waals surface area (Å²) in [5.74, 6) is -4.34. The number of pyridine rings is 1. The Balaban J connectivity index is 1.52. The second kappa shape index (κ2) is 11.6. The largest absolute Gasteiger partial charge is 0.494 e. The molecule has 2 aromatic heterocycles. The highest BCUT2D eigenvalue weighted by Gasteiger charge is 2.26. The van der Waals surface area contributed by atoms with Gasteiger partial charge in [0.25, 0.3) is 0 Å². The number of hydrogen-bond donors (Lipinski definition) is 1. The summed E-state index contributed by atoms with van der Waals surface area (Å²) in [6.07, 6.45) is 5.01. The van der Waals surface area contributed by atoms with E-state index in [1.807, 2.05) is 0 Å². The van der Waals surface area contributed by atoms with E-state index in [2.05, 4.69) is 39.3 Å². The number of rotatable bonds is 10. The van der Waals surface area contributed by atoms with Crippen molar-refractivity contribution in [3.8, 4) is 17.0 Å². The van der Waals surface area contributed by atoms with Gasteiger partial charge in [0.2, 0.25) is 11.9 Å². The quantitative estimate of drug-likeness (QED) is 0.363. The van der Waals surface area contributed by atoms with Crippen LogP contribution < -0.4 is 10.1 Å². The summed E-state index contributed by atoms with van der Waals surface area (Å²) in [5, 5.41) is 3.42. The van der Waals surface area contributed by atoms with E-state index in [-0.39, 0.29) is 11.6 Å². The predicted molar refractivity (Wildman–Crippen MR) is 145 cm³/mol. The van der Waals surface area contributed by atoms with E-state index < -0.39 is 39.5 Å². The number of nitrogens with zero attached hydrogens (tertiary/aromatic N) is 4. The predicted octanol–water partition coefficient (Wildman–Crippen LogP) is 5.08. The van der Waals surface area contributed by atoms with Crippen LogP contribution in [0.2, 0.25) is 0 Å². The van der Waals surface area contributed by atoms with Crippen molar-refractivity contribution >= 4 is 26.8 Å². The van der Waals surface area contributed by atoms with Crippen molar-refractivity contribution in [3.63, 3.8) is 0 Å². The number of alkyl halides is 2. The lowest BCUT2D eigenvalue weighted by molar-refractivity contribution is 0.0189. The minimum atomic E-state index is -3.91. The number of aromatic nitrogens is 3. The van der Waals surface area contributed by atoms with Gasteiger partial charge in [-0.15, -0.1) is 0 Å². The van der Waals surface area contributed by atoms with Gasteiger partial charge in [0.05, 0.1) is 30.5 Å². The molecule has 0 amide bonds. The first kappa shape index (κ1) is 29.0. The molecule has 1 saturated carbocycles. The molecule has 1 aliphatic carbocycles. The van der Waals surface area contributed by atoms with Gasteiger partial charge in [-0.3, -0.25) is 0 Å². The number of ether oxygens (including phenoxy) is 1. The summed E-state index contributed by atoms with van der Waals surface area (Å²) in [5.41, 5.74) is 1.67. The van der Waals surface area contributed by atoms with Crippen LogP contribution in [0.1, 0.15) is 44.6 Å². The molecule has 1 aliphatic rings. The highest BCUT2D eigenvalue weighted by Crippen LogP contribution is 2.31. The fourth-order valence-corrected chi connectivity index (χ4v) is 6.27. The van der Waals surface area contributed by atoms with Crippen molar-refractivity contribution in [2.75, 3.05) is 32.3 Å². The summed E-state index contributed by atoms with van der Waals surface area (Å²) in [6, 6.07) is 6.54. The van der Waals surface area contributed by atoms with Gasteiger partial charge >= 0.3 is 0 Å². The van der Waals surface area contributed by atoms with Gasteiger partial charge in [-0.05, 0) is 52.8 Å². The lowest BCUT2D eigenvalue weighted by Gasteiger charge is -2.32. The third-order valence-corrected chi connectivity index (χ3v) is 8.64. The molecular formula is C27H34F3N5O3S. The molecule has 0 spiro atoms. The molecule has 39 heavy (non-hydrogen) atoms. The molecular weight excluding hydrogens is 531 g/mol. The van der Waals surface area contributed by atoms with Gasteiger partial charge in [0, 0.05) is 35.7 Å². The molecule has 4 rings (SSSR count). The highest BCUT2D eigenvalue weighted by atomic mass is 32.2. The Bertz CT molecular complexity index is 1420.